The fourth-order valence-corrected chi connectivity index (χ4v) is 5.44. The van der Waals surface area contributed by atoms with Crippen molar-refractivity contribution in [1.82, 2.24) is 4.98 Å². The molecule has 0 saturated heterocycles. The smallest absolute Gasteiger partial charge is 0.238 e. The summed E-state index contributed by atoms with van der Waals surface area (Å²) in [5, 5.41) is 18.3. The number of fused-ring (bicyclic) bond motifs is 3. The number of nitriles is 1. The van der Waals surface area contributed by atoms with Crippen LogP contribution in [0.5, 0.6) is 0 Å². The first-order chi connectivity index (χ1) is 13.2. The monoisotopic (exact) mass is 414 g/mol. The maximum absolute atomic E-state index is 12.3. The molecule has 0 atom stereocenters. The Labute approximate surface area is 161 Å². The quantitative estimate of drug-likeness (QED) is 0.665. The third-order valence-electron chi connectivity index (χ3n) is 4.61. The summed E-state index contributed by atoms with van der Waals surface area (Å²) in [6, 6.07) is 11.0. The Bertz CT molecular complexity index is 1390. The van der Waals surface area contributed by atoms with E-state index in [1.165, 1.54) is 30.5 Å². The molecule has 28 heavy (non-hydrogen) atoms. The van der Waals surface area contributed by atoms with Gasteiger partial charge in [-0.25, -0.2) is 22.0 Å². The summed E-state index contributed by atoms with van der Waals surface area (Å²) < 4.78 is 47.8. The van der Waals surface area contributed by atoms with E-state index in [0.717, 1.165) is 0 Å². The van der Waals surface area contributed by atoms with Crippen molar-refractivity contribution < 1.29 is 16.8 Å². The maximum Gasteiger partial charge on any atom is 0.238 e. The first kappa shape index (κ1) is 18.4. The van der Waals surface area contributed by atoms with Gasteiger partial charge in [-0.2, -0.15) is 5.26 Å². The Morgan fingerprint density at radius 3 is 2.71 bits per heavy atom. The number of nitrogens with zero attached hydrogens (tertiary/aromatic N) is 2. The van der Waals surface area contributed by atoms with Gasteiger partial charge in [-0.05, 0) is 42.3 Å². The highest BCUT2D eigenvalue weighted by Crippen LogP contribution is 2.38. The summed E-state index contributed by atoms with van der Waals surface area (Å²) in [5.74, 6) is -0.00142. The van der Waals surface area contributed by atoms with Gasteiger partial charge in [0.1, 0.15) is 6.07 Å². The number of hydrogen-bond acceptors (Lipinski definition) is 7. The maximum atomic E-state index is 12.3. The minimum Gasteiger partial charge on any atom is -0.354 e. The van der Waals surface area contributed by atoms with Crippen molar-refractivity contribution in [2.24, 2.45) is 5.14 Å². The van der Waals surface area contributed by atoms with Gasteiger partial charge in [-0.15, -0.1) is 0 Å². The Morgan fingerprint density at radius 2 is 2.00 bits per heavy atom. The van der Waals surface area contributed by atoms with Crippen molar-refractivity contribution in [3.63, 3.8) is 0 Å². The highest BCUT2D eigenvalue weighted by Gasteiger charge is 2.29. The van der Waals surface area contributed by atoms with Crippen LogP contribution in [0, 0.1) is 11.3 Å². The number of anilines is 2. The van der Waals surface area contributed by atoms with Crippen LogP contribution in [0.2, 0.25) is 0 Å². The number of aryl methyl sites for hydroxylation is 1. The van der Waals surface area contributed by atoms with Gasteiger partial charge in [-0.3, -0.25) is 4.98 Å². The highest BCUT2D eigenvalue weighted by atomic mass is 32.2. The lowest BCUT2D eigenvalue weighted by molar-refractivity contribution is 0.597. The van der Waals surface area contributed by atoms with E-state index in [9.17, 15) is 22.1 Å². The van der Waals surface area contributed by atoms with Crippen molar-refractivity contribution in [3.8, 4) is 6.07 Å². The van der Waals surface area contributed by atoms with Crippen LogP contribution in [-0.4, -0.2) is 27.6 Å². The van der Waals surface area contributed by atoms with Crippen molar-refractivity contribution in [3.05, 3.63) is 53.7 Å². The SMILES string of the molecule is N#Cc1cnc2ccc3c(c2c1Nc1cccc(S(N)(=O)=O)c1)CCS3(=O)=O. The summed E-state index contributed by atoms with van der Waals surface area (Å²) in [6.45, 7) is 0. The molecular weight excluding hydrogens is 400 g/mol. The molecule has 3 aromatic rings. The number of aromatic nitrogens is 1. The summed E-state index contributed by atoms with van der Waals surface area (Å²) in [6.07, 6.45) is 1.71. The van der Waals surface area contributed by atoms with Gasteiger partial charge in [0.05, 0.1) is 32.3 Å². The number of sulfone groups is 1. The van der Waals surface area contributed by atoms with E-state index in [2.05, 4.69) is 10.3 Å². The third-order valence-corrected chi connectivity index (χ3v) is 7.31. The van der Waals surface area contributed by atoms with Gasteiger partial charge in [0.2, 0.25) is 10.0 Å². The van der Waals surface area contributed by atoms with E-state index in [1.54, 1.807) is 12.1 Å². The Balaban J connectivity index is 1.97. The number of sulfonamides is 1. The van der Waals surface area contributed by atoms with Gasteiger partial charge in [0.15, 0.2) is 9.84 Å². The van der Waals surface area contributed by atoms with Crippen molar-refractivity contribution in [1.29, 1.82) is 5.26 Å². The molecule has 2 heterocycles. The molecule has 1 aromatic heterocycles. The second-order valence-corrected chi connectivity index (χ2v) is 10.0. The van der Waals surface area contributed by atoms with Crippen LogP contribution < -0.4 is 10.5 Å². The molecule has 0 saturated carbocycles. The lowest BCUT2D eigenvalue weighted by atomic mass is 10.0. The van der Waals surface area contributed by atoms with Crippen LogP contribution in [0.15, 0.2) is 52.4 Å². The third kappa shape index (κ3) is 2.99. The fourth-order valence-electron chi connectivity index (χ4n) is 3.33. The zero-order valence-electron chi connectivity index (χ0n) is 14.4. The fraction of sp³-hybridized carbons (Fsp3) is 0.111. The second kappa shape index (κ2) is 6.27. The predicted molar refractivity (Wildman–Crippen MR) is 103 cm³/mol. The van der Waals surface area contributed by atoms with Gasteiger partial charge >= 0.3 is 0 Å². The molecule has 2 aromatic carbocycles. The molecule has 0 fully saturated rings. The van der Waals surface area contributed by atoms with Gasteiger partial charge in [-0.1, -0.05) is 6.07 Å². The molecule has 1 aliphatic rings. The van der Waals surface area contributed by atoms with E-state index < -0.39 is 19.9 Å². The van der Waals surface area contributed by atoms with Gasteiger partial charge in [0, 0.05) is 17.3 Å². The average molecular weight is 414 g/mol. The first-order valence-electron chi connectivity index (χ1n) is 8.18. The lowest BCUT2D eigenvalue weighted by Crippen LogP contribution is -2.12. The zero-order valence-corrected chi connectivity index (χ0v) is 16.0. The highest BCUT2D eigenvalue weighted by molar-refractivity contribution is 7.91. The molecule has 0 aliphatic carbocycles. The van der Waals surface area contributed by atoms with Crippen molar-refractivity contribution in [2.45, 2.75) is 16.2 Å². The van der Waals surface area contributed by atoms with Crippen LogP contribution in [0.3, 0.4) is 0 Å². The Morgan fingerprint density at radius 1 is 1.21 bits per heavy atom. The summed E-state index contributed by atoms with van der Waals surface area (Å²) >= 11 is 0. The predicted octanol–water partition coefficient (Wildman–Crippen LogP) is 1.83. The van der Waals surface area contributed by atoms with Crippen LogP contribution in [0.4, 0.5) is 11.4 Å². The number of nitrogens with two attached hydrogens (primary N) is 1. The summed E-state index contributed by atoms with van der Waals surface area (Å²) in [7, 11) is -7.26. The molecule has 0 bridgehead atoms. The number of rotatable bonds is 3. The Hall–Kier alpha value is -3.00. The number of primary sulfonamides is 1. The van der Waals surface area contributed by atoms with E-state index in [1.807, 2.05) is 6.07 Å². The van der Waals surface area contributed by atoms with E-state index >= 15 is 0 Å². The molecule has 0 spiro atoms. The molecule has 0 radical (unpaired) electrons. The number of benzene rings is 2. The van der Waals surface area contributed by atoms with Crippen molar-refractivity contribution >= 4 is 42.1 Å². The molecule has 8 nitrogen and oxygen atoms in total. The Kier molecular flexibility index (Phi) is 4.11. The zero-order chi connectivity index (χ0) is 20.1. The van der Waals surface area contributed by atoms with Crippen LogP contribution in [-0.2, 0) is 26.3 Å². The summed E-state index contributed by atoms with van der Waals surface area (Å²) in [5.41, 5.74) is 2.14. The minimum atomic E-state index is -3.90. The summed E-state index contributed by atoms with van der Waals surface area (Å²) in [4.78, 5) is 4.42. The van der Waals surface area contributed by atoms with Crippen LogP contribution in [0.25, 0.3) is 10.9 Å². The minimum absolute atomic E-state index is 0.00142. The van der Waals surface area contributed by atoms with Crippen LogP contribution in [0.1, 0.15) is 11.1 Å². The van der Waals surface area contributed by atoms with Crippen molar-refractivity contribution in [2.75, 3.05) is 11.1 Å². The van der Waals surface area contributed by atoms with E-state index in [0.29, 0.717) is 34.3 Å². The van der Waals surface area contributed by atoms with E-state index in [-0.39, 0.29) is 21.1 Å². The molecule has 0 unspecified atom stereocenters. The largest absolute Gasteiger partial charge is 0.354 e. The number of pyridine rings is 1. The van der Waals surface area contributed by atoms with Gasteiger partial charge in [0.25, 0.3) is 0 Å². The number of hydrogen-bond donors (Lipinski definition) is 2. The molecule has 4 rings (SSSR count). The van der Waals surface area contributed by atoms with E-state index in [4.69, 9.17) is 5.14 Å². The van der Waals surface area contributed by atoms with Gasteiger partial charge < -0.3 is 5.32 Å². The second-order valence-electron chi connectivity index (χ2n) is 6.36. The lowest BCUT2D eigenvalue weighted by Gasteiger charge is -2.14. The molecular formula is C18H14N4O4S2. The molecule has 0 amide bonds. The van der Waals surface area contributed by atoms with Crippen LogP contribution >= 0.6 is 0 Å². The first-order valence-corrected chi connectivity index (χ1v) is 11.4. The standard InChI is InChI=1S/C18H14N4O4S2/c19-9-11-10-21-15-4-5-16-14(6-7-27(16,23)24)17(15)18(11)22-12-2-1-3-13(8-12)28(20,25)26/h1-5,8,10H,6-7H2,(H,21,22)(H2,20,25,26). The average Bonchev–Trinajstić information content (AvgIpc) is 2.96. The molecule has 142 valence electrons. The normalized spacial score (nSPS) is 15.1. The molecule has 10 heteroatoms. The molecule has 3 N–H and O–H groups in total. The number of nitrogens with one attached hydrogen (secondary N) is 1. The topological polar surface area (TPSA) is 143 Å². The molecule has 1 aliphatic heterocycles.